The summed E-state index contributed by atoms with van der Waals surface area (Å²) < 4.78 is 0. The monoisotopic (exact) mass is 179 g/mol. The van der Waals surface area contributed by atoms with Crippen molar-refractivity contribution in [2.45, 2.75) is 19.8 Å². The molecule has 3 heteroatoms. The zero-order valence-electron chi connectivity index (χ0n) is 8.03. The average Bonchev–Trinajstić information content (AvgIpc) is 2.14. The Morgan fingerprint density at radius 3 is 2.92 bits per heavy atom. The lowest BCUT2D eigenvalue weighted by Gasteiger charge is -2.07. The maximum absolute atomic E-state index is 5.56. The van der Waals surface area contributed by atoms with E-state index < -0.39 is 0 Å². The number of anilines is 1. The molecule has 0 aromatic carbocycles. The molecule has 0 aliphatic rings. The molecule has 72 valence electrons. The number of aromatic nitrogens is 1. The zero-order chi connectivity index (χ0) is 9.68. The van der Waals surface area contributed by atoms with Crippen molar-refractivity contribution >= 4 is 5.82 Å². The van der Waals surface area contributed by atoms with Crippen molar-refractivity contribution in [1.82, 2.24) is 4.98 Å². The second kappa shape index (κ2) is 4.82. The highest BCUT2D eigenvalue weighted by Gasteiger charge is 2.00. The van der Waals surface area contributed by atoms with Gasteiger partial charge in [-0.05, 0) is 43.0 Å². The normalized spacial score (nSPS) is 12.8. The van der Waals surface area contributed by atoms with E-state index in [4.69, 9.17) is 11.5 Å². The van der Waals surface area contributed by atoms with Gasteiger partial charge in [0.2, 0.25) is 0 Å². The molecular formula is C10H17N3. The first-order valence-corrected chi connectivity index (χ1v) is 4.63. The summed E-state index contributed by atoms with van der Waals surface area (Å²) in [5.41, 5.74) is 12.3. The van der Waals surface area contributed by atoms with Crippen LogP contribution in [0.5, 0.6) is 0 Å². The SMILES string of the molecule is CC(CN)CCc1ccnc(N)c1. The van der Waals surface area contributed by atoms with Crippen molar-refractivity contribution in [1.29, 1.82) is 0 Å². The summed E-state index contributed by atoms with van der Waals surface area (Å²) in [5.74, 6) is 1.17. The highest BCUT2D eigenvalue weighted by atomic mass is 14.8. The molecule has 3 nitrogen and oxygen atoms in total. The highest BCUT2D eigenvalue weighted by Crippen LogP contribution is 2.09. The Morgan fingerprint density at radius 1 is 1.54 bits per heavy atom. The molecule has 0 aliphatic carbocycles. The van der Waals surface area contributed by atoms with Gasteiger partial charge in [-0.25, -0.2) is 4.98 Å². The largest absolute Gasteiger partial charge is 0.384 e. The Labute approximate surface area is 79.2 Å². The van der Waals surface area contributed by atoms with Gasteiger partial charge in [-0.3, -0.25) is 0 Å². The van der Waals surface area contributed by atoms with Crippen molar-refractivity contribution in [3.8, 4) is 0 Å². The molecule has 0 saturated heterocycles. The molecular weight excluding hydrogens is 162 g/mol. The molecule has 1 heterocycles. The molecule has 1 aromatic heterocycles. The van der Waals surface area contributed by atoms with Crippen LogP contribution < -0.4 is 11.5 Å². The fourth-order valence-corrected chi connectivity index (χ4v) is 1.18. The quantitative estimate of drug-likeness (QED) is 0.729. The van der Waals surface area contributed by atoms with Crippen LogP contribution in [0.2, 0.25) is 0 Å². The number of nitrogens with zero attached hydrogens (tertiary/aromatic N) is 1. The van der Waals surface area contributed by atoms with E-state index in [-0.39, 0.29) is 0 Å². The summed E-state index contributed by atoms with van der Waals surface area (Å²) in [6.45, 7) is 2.91. The third-order valence-electron chi connectivity index (χ3n) is 2.17. The van der Waals surface area contributed by atoms with Gasteiger partial charge in [0.25, 0.3) is 0 Å². The number of hydrogen-bond acceptors (Lipinski definition) is 3. The number of rotatable bonds is 4. The summed E-state index contributed by atoms with van der Waals surface area (Å²) in [6.07, 6.45) is 3.89. The van der Waals surface area contributed by atoms with E-state index >= 15 is 0 Å². The van der Waals surface area contributed by atoms with E-state index in [9.17, 15) is 0 Å². The predicted molar refractivity (Wildman–Crippen MR) is 55.2 cm³/mol. The minimum atomic E-state index is 0.578. The van der Waals surface area contributed by atoms with Crippen LogP contribution in [0, 0.1) is 5.92 Å². The van der Waals surface area contributed by atoms with Gasteiger partial charge in [0.1, 0.15) is 5.82 Å². The standard InChI is InChI=1S/C10H17N3/c1-8(7-11)2-3-9-4-5-13-10(12)6-9/h4-6,8H,2-3,7,11H2,1H3,(H2,12,13). The topological polar surface area (TPSA) is 64.9 Å². The summed E-state index contributed by atoms with van der Waals surface area (Å²) in [7, 11) is 0. The van der Waals surface area contributed by atoms with Crippen LogP contribution in [0.1, 0.15) is 18.9 Å². The molecule has 0 fully saturated rings. The molecule has 0 spiro atoms. The van der Waals surface area contributed by atoms with E-state index in [0.29, 0.717) is 11.7 Å². The lowest BCUT2D eigenvalue weighted by atomic mass is 10.0. The molecule has 13 heavy (non-hydrogen) atoms. The average molecular weight is 179 g/mol. The molecule has 1 aromatic rings. The Morgan fingerprint density at radius 2 is 2.31 bits per heavy atom. The van der Waals surface area contributed by atoms with Crippen LogP contribution in [-0.4, -0.2) is 11.5 Å². The first-order valence-electron chi connectivity index (χ1n) is 4.63. The van der Waals surface area contributed by atoms with Crippen LogP contribution in [-0.2, 0) is 6.42 Å². The van der Waals surface area contributed by atoms with E-state index in [2.05, 4.69) is 11.9 Å². The lowest BCUT2D eigenvalue weighted by molar-refractivity contribution is 0.544. The summed E-state index contributed by atoms with van der Waals surface area (Å²) in [5, 5.41) is 0. The Kier molecular flexibility index (Phi) is 3.71. The molecule has 0 amide bonds. The van der Waals surface area contributed by atoms with Crippen molar-refractivity contribution in [2.24, 2.45) is 11.7 Å². The lowest BCUT2D eigenvalue weighted by Crippen LogP contribution is -2.11. The van der Waals surface area contributed by atoms with Gasteiger partial charge >= 0.3 is 0 Å². The molecule has 0 radical (unpaired) electrons. The van der Waals surface area contributed by atoms with Crippen LogP contribution >= 0.6 is 0 Å². The Balaban J connectivity index is 2.45. The third kappa shape index (κ3) is 3.42. The predicted octanol–water partition coefficient (Wildman–Crippen LogP) is 1.19. The third-order valence-corrected chi connectivity index (χ3v) is 2.17. The molecule has 1 unspecified atom stereocenters. The highest BCUT2D eigenvalue weighted by molar-refractivity contribution is 5.31. The maximum atomic E-state index is 5.56. The Bertz CT molecular complexity index is 260. The van der Waals surface area contributed by atoms with Crippen molar-refractivity contribution in [3.05, 3.63) is 23.9 Å². The van der Waals surface area contributed by atoms with Crippen molar-refractivity contribution < 1.29 is 0 Å². The van der Waals surface area contributed by atoms with Crippen LogP contribution in [0.25, 0.3) is 0 Å². The zero-order valence-corrected chi connectivity index (χ0v) is 8.03. The number of hydrogen-bond donors (Lipinski definition) is 2. The fourth-order valence-electron chi connectivity index (χ4n) is 1.18. The number of pyridine rings is 1. The number of nitrogens with two attached hydrogens (primary N) is 2. The van der Waals surface area contributed by atoms with Crippen LogP contribution in [0.3, 0.4) is 0 Å². The molecule has 4 N–H and O–H groups in total. The van der Waals surface area contributed by atoms with E-state index in [1.165, 1.54) is 5.56 Å². The van der Waals surface area contributed by atoms with Gasteiger partial charge in [0.15, 0.2) is 0 Å². The maximum Gasteiger partial charge on any atom is 0.123 e. The Hall–Kier alpha value is -1.09. The second-order valence-corrected chi connectivity index (χ2v) is 3.47. The summed E-state index contributed by atoms with van der Waals surface area (Å²) in [4.78, 5) is 3.94. The number of aryl methyl sites for hydroxylation is 1. The van der Waals surface area contributed by atoms with Gasteiger partial charge in [0, 0.05) is 6.20 Å². The molecule has 0 aliphatic heterocycles. The summed E-state index contributed by atoms with van der Waals surface area (Å²) in [6, 6.07) is 3.92. The van der Waals surface area contributed by atoms with Crippen LogP contribution in [0.15, 0.2) is 18.3 Å². The number of nitrogen functional groups attached to an aromatic ring is 1. The van der Waals surface area contributed by atoms with Crippen molar-refractivity contribution in [3.63, 3.8) is 0 Å². The molecule has 0 saturated carbocycles. The van der Waals surface area contributed by atoms with E-state index in [1.807, 2.05) is 12.1 Å². The minimum absolute atomic E-state index is 0.578. The van der Waals surface area contributed by atoms with Gasteiger partial charge in [0.05, 0.1) is 0 Å². The van der Waals surface area contributed by atoms with Gasteiger partial charge in [-0.15, -0.1) is 0 Å². The van der Waals surface area contributed by atoms with E-state index in [1.54, 1.807) is 6.20 Å². The van der Waals surface area contributed by atoms with Gasteiger partial charge < -0.3 is 11.5 Å². The van der Waals surface area contributed by atoms with Gasteiger partial charge in [-0.1, -0.05) is 6.92 Å². The minimum Gasteiger partial charge on any atom is -0.384 e. The fraction of sp³-hybridized carbons (Fsp3) is 0.500. The van der Waals surface area contributed by atoms with E-state index in [0.717, 1.165) is 19.4 Å². The second-order valence-electron chi connectivity index (χ2n) is 3.47. The first kappa shape index (κ1) is 9.99. The molecule has 0 bridgehead atoms. The van der Waals surface area contributed by atoms with Crippen LogP contribution in [0.4, 0.5) is 5.82 Å². The molecule has 1 atom stereocenters. The summed E-state index contributed by atoms with van der Waals surface area (Å²) >= 11 is 0. The van der Waals surface area contributed by atoms with Crippen molar-refractivity contribution in [2.75, 3.05) is 12.3 Å². The first-order chi connectivity index (χ1) is 6.22. The van der Waals surface area contributed by atoms with Gasteiger partial charge in [-0.2, -0.15) is 0 Å². The molecule has 1 rings (SSSR count). The smallest absolute Gasteiger partial charge is 0.123 e.